The molecule has 2 unspecified atom stereocenters. The lowest BCUT2D eigenvalue weighted by Gasteiger charge is -2.42. The standard InChI is InChI=1S/C26H25NO6S/c1-31-23-9-8-16-12-22-19-14-20(26(28)29)24(32-2)13-17(19)10-11-27(22)15-21(16)25(23)33-34(30)18-6-4-3-5-7-18/h3-9,13-14,22H,10-12,15H2,1-2H3,(H,28,29). The first-order valence-electron chi connectivity index (χ1n) is 11.0. The Labute approximate surface area is 200 Å². The van der Waals surface area contributed by atoms with E-state index in [9.17, 15) is 14.1 Å². The van der Waals surface area contributed by atoms with E-state index < -0.39 is 17.0 Å². The zero-order valence-corrected chi connectivity index (χ0v) is 19.8. The smallest absolute Gasteiger partial charge is 0.339 e. The van der Waals surface area contributed by atoms with Crippen LogP contribution in [0.3, 0.4) is 0 Å². The molecule has 1 N–H and O–H groups in total. The van der Waals surface area contributed by atoms with E-state index in [4.69, 9.17) is 13.7 Å². The summed E-state index contributed by atoms with van der Waals surface area (Å²) in [6, 6.07) is 16.6. The summed E-state index contributed by atoms with van der Waals surface area (Å²) in [6.45, 7) is 1.40. The average Bonchev–Trinajstić information content (AvgIpc) is 2.87. The molecule has 0 radical (unpaired) electrons. The predicted octanol–water partition coefficient (Wildman–Crippen LogP) is 4.16. The molecule has 0 bridgehead atoms. The molecule has 0 spiro atoms. The van der Waals surface area contributed by atoms with Gasteiger partial charge in [-0.1, -0.05) is 24.3 Å². The largest absolute Gasteiger partial charge is 0.496 e. The number of carboxylic acid groups (broad SMARTS) is 1. The maximum atomic E-state index is 12.9. The summed E-state index contributed by atoms with van der Waals surface area (Å²) in [5, 5.41) is 9.67. The molecular formula is C26H25NO6S. The summed E-state index contributed by atoms with van der Waals surface area (Å²) < 4.78 is 29.8. The van der Waals surface area contributed by atoms with Gasteiger partial charge in [0.15, 0.2) is 11.5 Å². The van der Waals surface area contributed by atoms with Crippen molar-refractivity contribution in [3.8, 4) is 17.2 Å². The molecule has 0 aliphatic carbocycles. The molecule has 0 fully saturated rings. The summed E-state index contributed by atoms with van der Waals surface area (Å²) in [4.78, 5) is 14.7. The lowest BCUT2D eigenvalue weighted by molar-refractivity contribution is 0.0692. The minimum atomic E-state index is -1.68. The van der Waals surface area contributed by atoms with Crippen LogP contribution < -0.4 is 13.7 Å². The molecule has 2 aliphatic rings. The predicted molar refractivity (Wildman–Crippen MR) is 127 cm³/mol. The topological polar surface area (TPSA) is 85.3 Å². The molecule has 0 saturated heterocycles. The van der Waals surface area contributed by atoms with Gasteiger partial charge in [0.25, 0.3) is 0 Å². The van der Waals surface area contributed by atoms with Gasteiger partial charge in [-0.25, -0.2) is 9.00 Å². The third-order valence-corrected chi connectivity index (χ3v) is 7.55. The number of rotatable bonds is 6. The van der Waals surface area contributed by atoms with Gasteiger partial charge in [0.05, 0.1) is 19.1 Å². The highest BCUT2D eigenvalue weighted by Crippen LogP contribution is 2.45. The highest BCUT2D eigenvalue weighted by Gasteiger charge is 2.35. The van der Waals surface area contributed by atoms with Crippen molar-refractivity contribution < 1.29 is 27.8 Å². The molecule has 34 heavy (non-hydrogen) atoms. The Morgan fingerprint density at radius 3 is 2.50 bits per heavy atom. The second-order valence-corrected chi connectivity index (χ2v) is 9.47. The monoisotopic (exact) mass is 479 g/mol. The van der Waals surface area contributed by atoms with Crippen molar-refractivity contribution in [3.63, 3.8) is 0 Å². The van der Waals surface area contributed by atoms with Crippen LogP contribution in [0.1, 0.15) is 38.7 Å². The number of ether oxygens (including phenoxy) is 2. The Balaban J connectivity index is 1.52. The maximum Gasteiger partial charge on any atom is 0.339 e. The molecule has 0 aromatic heterocycles. The summed E-state index contributed by atoms with van der Waals surface area (Å²) in [6.07, 6.45) is 1.47. The summed E-state index contributed by atoms with van der Waals surface area (Å²) >= 11 is -1.68. The molecule has 5 rings (SSSR count). The maximum absolute atomic E-state index is 12.9. The van der Waals surface area contributed by atoms with Crippen LogP contribution in [0.15, 0.2) is 59.5 Å². The van der Waals surface area contributed by atoms with Crippen LogP contribution in [0.25, 0.3) is 0 Å². The zero-order chi connectivity index (χ0) is 23.8. The van der Waals surface area contributed by atoms with Gasteiger partial charge in [-0.15, -0.1) is 0 Å². The van der Waals surface area contributed by atoms with Gasteiger partial charge < -0.3 is 18.8 Å². The average molecular weight is 480 g/mol. The van der Waals surface area contributed by atoms with Crippen LogP contribution in [0.5, 0.6) is 17.2 Å². The molecule has 2 heterocycles. The van der Waals surface area contributed by atoms with Crippen molar-refractivity contribution >= 4 is 17.0 Å². The van der Waals surface area contributed by atoms with Gasteiger partial charge in [-0.05, 0) is 59.9 Å². The summed E-state index contributed by atoms with van der Waals surface area (Å²) in [5.41, 5.74) is 4.33. The lowest BCUT2D eigenvalue weighted by atomic mass is 9.83. The first kappa shape index (κ1) is 22.4. The van der Waals surface area contributed by atoms with E-state index in [2.05, 4.69) is 4.90 Å². The zero-order valence-electron chi connectivity index (χ0n) is 18.9. The first-order chi connectivity index (χ1) is 16.5. The number of aromatic carboxylic acids is 1. The van der Waals surface area contributed by atoms with Crippen molar-refractivity contribution in [3.05, 3.63) is 82.4 Å². The number of carboxylic acids is 1. The van der Waals surface area contributed by atoms with E-state index in [1.165, 1.54) is 7.11 Å². The number of hydrogen-bond donors (Lipinski definition) is 1. The van der Waals surface area contributed by atoms with Gasteiger partial charge in [0.1, 0.15) is 11.3 Å². The number of methoxy groups -OCH3 is 2. The van der Waals surface area contributed by atoms with E-state index >= 15 is 0 Å². The van der Waals surface area contributed by atoms with Crippen molar-refractivity contribution in [2.45, 2.75) is 30.3 Å². The van der Waals surface area contributed by atoms with Crippen molar-refractivity contribution in [2.75, 3.05) is 20.8 Å². The number of benzene rings is 3. The van der Waals surface area contributed by atoms with Crippen LogP contribution >= 0.6 is 0 Å². The van der Waals surface area contributed by atoms with Crippen LogP contribution in [-0.2, 0) is 30.5 Å². The number of fused-ring (bicyclic) bond motifs is 4. The molecule has 3 aromatic rings. The first-order valence-corrected chi connectivity index (χ1v) is 12.1. The molecule has 176 valence electrons. The highest BCUT2D eigenvalue weighted by molar-refractivity contribution is 7.80. The Bertz CT molecular complexity index is 1280. The van der Waals surface area contributed by atoms with Gasteiger partial charge in [-0.2, -0.15) is 0 Å². The molecule has 8 heteroatoms. The second kappa shape index (κ2) is 9.12. The number of nitrogens with zero attached hydrogens (tertiary/aromatic N) is 1. The molecule has 2 atom stereocenters. The third kappa shape index (κ3) is 3.93. The minimum Gasteiger partial charge on any atom is -0.496 e. The van der Waals surface area contributed by atoms with E-state index in [0.717, 1.165) is 35.2 Å². The Hall–Kier alpha value is -3.36. The normalized spacial score (nSPS) is 17.6. The van der Waals surface area contributed by atoms with Gasteiger partial charge in [0, 0.05) is 24.7 Å². The fraction of sp³-hybridized carbons (Fsp3) is 0.269. The highest BCUT2D eigenvalue weighted by atomic mass is 32.2. The Morgan fingerprint density at radius 1 is 1.03 bits per heavy atom. The van der Waals surface area contributed by atoms with E-state index in [1.54, 1.807) is 25.3 Å². The van der Waals surface area contributed by atoms with Crippen LogP contribution in [0.4, 0.5) is 0 Å². The third-order valence-electron chi connectivity index (χ3n) is 6.57. The molecular weight excluding hydrogens is 454 g/mol. The van der Waals surface area contributed by atoms with Crippen molar-refractivity contribution in [1.29, 1.82) is 0 Å². The van der Waals surface area contributed by atoms with E-state index in [-0.39, 0.29) is 11.6 Å². The summed E-state index contributed by atoms with van der Waals surface area (Å²) in [7, 11) is 3.07. The molecule has 0 saturated carbocycles. The molecule has 7 nitrogen and oxygen atoms in total. The second-order valence-electron chi connectivity index (χ2n) is 8.36. The Kier molecular flexibility index (Phi) is 6.02. The SMILES string of the molecule is COc1cc2c(cc1C(=O)O)C1Cc3ccc(OC)c(OS(=O)c4ccccc4)c3CN1CC2. The van der Waals surface area contributed by atoms with Crippen LogP contribution in [0.2, 0.25) is 0 Å². The lowest BCUT2D eigenvalue weighted by Crippen LogP contribution is -2.39. The van der Waals surface area contributed by atoms with Crippen molar-refractivity contribution in [2.24, 2.45) is 0 Å². The van der Waals surface area contributed by atoms with Crippen molar-refractivity contribution in [1.82, 2.24) is 4.90 Å². The van der Waals surface area contributed by atoms with Gasteiger partial charge >= 0.3 is 5.97 Å². The van der Waals surface area contributed by atoms with Gasteiger partial charge in [-0.3, -0.25) is 4.90 Å². The van der Waals surface area contributed by atoms with Crippen LogP contribution in [-0.4, -0.2) is 40.9 Å². The quantitative estimate of drug-likeness (QED) is 0.568. The molecule has 0 amide bonds. The van der Waals surface area contributed by atoms with E-state index in [1.807, 2.05) is 36.4 Å². The van der Waals surface area contributed by atoms with Gasteiger partial charge in [0.2, 0.25) is 11.1 Å². The molecule has 3 aromatic carbocycles. The number of hydrogen-bond acceptors (Lipinski definition) is 6. The molecule has 2 aliphatic heterocycles. The van der Waals surface area contributed by atoms with Crippen LogP contribution in [0, 0.1) is 0 Å². The minimum absolute atomic E-state index is 0.0427. The fourth-order valence-electron chi connectivity index (χ4n) is 4.88. The summed E-state index contributed by atoms with van der Waals surface area (Å²) in [5.74, 6) is 0.417. The van der Waals surface area contributed by atoms with E-state index in [0.29, 0.717) is 35.1 Å². The Morgan fingerprint density at radius 2 is 1.79 bits per heavy atom. The number of carbonyl (C=O) groups is 1. The fourth-order valence-corrected chi connectivity index (χ4v) is 5.69.